The van der Waals surface area contributed by atoms with E-state index >= 15 is 0 Å². The van der Waals surface area contributed by atoms with Gasteiger partial charge in [-0.1, -0.05) is 35.9 Å². The van der Waals surface area contributed by atoms with Gasteiger partial charge in [-0.15, -0.1) is 0 Å². The second-order valence-corrected chi connectivity index (χ2v) is 8.61. The van der Waals surface area contributed by atoms with Crippen molar-refractivity contribution in [3.63, 3.8) is 0 Å². The number of methoxy groups -OCH3 is 1. The summed E-state index contributed by atoms with van der Waals surface area (Å²) in [6.45, 7) is 4.41. The summed E-state index contributed by atoms with van der Waals surface area (Å²) in [6.07, 6.45) is 8.42. The van der Waals surface area contributed by atoms with E-state index in [4.69, 9.17) is 4.74 Å². The molecule has 2 atom stereocenters. The molecule has 1 aliphatic heterocycles. The molecule has 4 rings (SSSR count). The van der Waals surface area contributed by atoms with Crippen LogP contribution in [0, 0.1) is 18.8 Å². The fourth-order valence-electron chi connectivity index (χ4n) is 4.55. The SMILES string of the molecule is COc1ccc2c(c1)CCC(CC1C=CN(Cc3ccc(C)cc3)C=C1C(C)=O)C2=O. The molecule has 0 aromatic heterocycles. The molecule has 0 saturated carbocycles. The van der Waals surface area contributed by atoms with E-state index in [1.807, 2.05) is 30.6 Å². The van der Waals surface area contributed by atoms with Crippen LogP contribution in [0.2, 0.25) is 0 Å². The first kappa shape index (κ1) is 21.1. The number of fused-ring (bicyclic) bond motifs is 1. The van der Waals surface area contributed by atoms with Crippen LogP contribution in [0.5, 0.6) is 5.75 Å². The van der Waals surface area contributed by atoms with Crippen molar-refractivity contribution in [3.05, 3.63) is 88.8 Å². The van der Waals surface area contributed by atoms with Gasteiger partial charge < -0.3 is 9.64 Å². The Balaban J connectivity index is 1.48. The first-order chi connectivity index (χ1) is 14.9. The average Bonchev–Trinajstić information content (AvgIpc) is 2.77. The van der Waals surface area contributed by atoms with E-state index in [2.05, 4.69) is 42.2 Å². The number of hydrogen-bond donors (Lipinski definition) is 0. The first-order valence-corrected chi connectivity index (χ1v) is 10.9. The van der Waals surface area contributed by atoms with Crippen LogP contribution < -0.4 is 4.74 Å². The maximum atomic E-state index is 13.1. The van der Waals surface area contributed by atoms with Crippen molar-refractivity contribution in [2.45, 2.75) is 39.7 Å². The van der Waals surface area contributed by atoms with E-state index in [-0.39, 0.29) is 23.4 Å². The Bertz CT molecular complexity index is 1050. The lowest BCUT2D eigenvalue weighted by atomic mass is 9.76. The van der Waals surface area contributed by atoms with Crippen LogP contribution in [-0.4, -0.2) is 23.6 Å². The van der Waals surface area contributed by atoms with E-state index in [9.17, 15) is 9.59 Å². The summed E-state index contributed by atoms with van der Waals surface area (Å²) in [5.41, 5.74) is 5.07. The number of hydrogen-bond acceptors (Lipinski definition) is 4. The minimum Gasteiger partial charge on any atom is -0.497 e. The lowest BCUT2D eigenvalue weighted by Crippen LogP contribution is -2.28. The van der Waals surface area contributed by atoms with Crippen molar-refractivity contribution >= 4 is 11.6 Å². The van der Waals surface area contributed by atoms with Crippen LogP contribution >= 0.6 is 0 Å². The van der Waals surface area contributed by atoms with Gasteiger partial charge in [0.15, 0.2) is 11.6 Å². The molecule has 0 spiro atoms. The maximum absolute atomic E-state index is 13.1. The van der Waals surface area contributed by atoms with Gasteiger partial charge in [0.05, 0.1) is 7.11 Å². The minimum absolute atomic E-state index is 0.0273. The fraction of sp³-hybridized carbons (Fsp3) is 0.333. The van der Waals surface area contributed by atoms with Gasteiger partial charge in [0.2, 0.25) is 0 Å². The van der Waals surface area contributed by atoms with Crippen molar-refractivity contribution in [1.29, 1.82) is 0 Å². The molecule has 2 aliphatic rings. The Hall–Kier alpha value is -3.14. The highest BCUT2D eigenvalue weighted by atomic mass is 16.5. The Morgan fingerprint density at radius 2 is 1.94 bits per heavy atom. The number of Topliss-reactive ketones (excluding diaryl/α,β-unsaturated/α-hetero) is 2. The lowest BCUT2D eigenvalue weighted by Gasteiger charge is -2.30. The van der Waals surface area contributed by atoms with Crippen LogP contribution in [0.1, 0.15) is 46.8 Å². The van der Waals surface area contributed by atoms with Crippen LogP contribution in [0.3, 0.4) is 0 Å². The monoisotopic (exact) mass is 415 g/mol. The third-order valence-corrected chi connectivity index (χ3v) is 6.36. The number of aryl methyl sites for hydroxylation is 2. The summed E-state index contributed by atoms with van der Waals surface area (Å²) in [5.74, 6) is 0.942. The molecular weight excluding hydrogens is 386 g/mol. The molecule has 31 heavy (non-hydrogen) atoms. The van der Waals surface area contributed by atoms with Crippen LogP contribution in [0.25, 0.3) is 0 Å². The molecule has 2 unspecified atom stereocenters. The molecule has 0 saturated heterocycles. The predicted octanol–water partition coefficient (Wildman–Crippen LogP) is 5.26. The largest absolute Gasteiger partial charge is 0.497 e. The van der Waals surface area contributed by atoms with E-state index in [0.29, 0.717) is 6.42 Å². The van der Waals surface area contributed by atoms with Gasteiger partial charge in [0, 0.05) is 41.9 Å². The van der Waals surface area contributed by atoms with E-state index < -0.39 is 0 Å². The van der Waals surface area contributed by atoms with Crippen molar-refractivity contribution in [2.75, 3.05) is 7.11 Å². The second kappa shape index (κ2) is 8.93. The van der Waals surface area contributed by atoms with Gasteiger partial charge >= 0.3 is 0 Å². The normalized spacial score (nSPS) is 20.3. The molecule has 0 N–H and O–H groups in total. The summed E-state index contributed by atoms with van der Waals surface area (Å²) in [4.78, 5) is 27.6. The van der Waals surface area contributed by atoms with Crippen LogP contribution in [-0.2, 0) is 17.8 Å². The predicted molar refractivity (Wildman–Crippen MR) is 122 cm³/mol. The molecule has 2 aromatic carbocycles. The summed E-state index contributed by atoms with van der Waals surface area (Å²) in [6, 6.07) is 14.1. The number of nitrogens with zero attached hydrogens (tertiary/aromatic N) is 1. The molecule has 0 bridgehead atoms. The zero-order chi connectivity index (χ0) is 22.0. The van der Waals surface area contributed by atoms with Gasteiger partial charge in [-0.05, 0) is 62.4 Å². The molecule has 160 valence electrons. The molecule has 1 heterocycles. The summed E-state index contributed by atoms with van der Waals surface area (Å²) >= 11 is 0. The third kappa shape index (κ3) is 4.63. The summed E-state index contributed by atoms with van der Waals surface area (Å²) < 4.78 is 5.29. The molecule has 0 amide bonds. The molecular formula is C27H29NO3. The van der Waals surface area contributed by atoms with Crippen molar-refractivity contribution < 1.29 is 14.3 Å². The Labute approximate surface area is 184 Å². The highest BCUT2D eigenvalue weighted by molar-refractivity contribution is 6.00. The smallest absolute Gasteiger partial charge is 0.166 e. The Morgan fingerprint density at radius 1 is 1.16 bits per heavy atom. The van der Waals surface area contributed by atoms with Crippen LogP contribution in [0.15, 0.2) is 66.5 Å². The summed E-state index contributed by atoms with van der Waals surface area (Å²) in [7, 11) is 1.64. The van der Waals surface area contributed by atoms with E-state index in [0.717, 1.165) is 41.8 Å². The summed E-state index contributed by atoms with van der Waals surface area (Å²) in [5, 5.41) is 0. The number of carbonyl (C=O) groups excluding carboxylic acids is 2. The Morgan fingerprint density at radius 3 is 2.65 bits per heavy atom. The number of carbonyl (C=O) groups is 2. The molecule has 4 nitrogen and oxygen atoms in total. The fourth-order valence-corrected chi connectivity index (χ4v) is 4.55. The lowest BCUT2D eigenvalue weighted by molar-refractivity contribution is -0.114. The molecule has 4 heteroatoms. The number of ketones is 2. The standard InChI is InChI=1S/C27H29NO3/c1-18-4-6-20(7-5-18)16-28-13-12-22(26(17-28)19(2)29)14-23-9-8-21-15-24(31-3)10-11-25(21)27(23)30/h4-7,10-13,15,17,22-23H,8-9,14,16H2,1-3H3. The number of rotatable bonds is 6. The number of ether oxygens (including phenoxy) is 1. The Kier molecular flexibility index (Phi) is 6.08. The van der Waals surface area contributed by atoms with Gasteiger partial charge in [-0.3, -0.25) is 9.59 Å². The maximum Gasteiger partial charge on any atom is 0.166 e. The first-order valence-electron chi connectivity index (χ1n) is 10.9. The highest BCUT2D eigenvalue weighted by Gasteiger charge is 2.32. The zero-order valence-electron chi connectivity index (χ0n) is 18.4. The highest BCUT2D eigenvalue weighted by Crippen LogP contribution is 2.35. The molecule has 2 aromatic rings. The van der Waals surface area contributed by atoms with Crippen LogP contribution in [0.4, 0.5) is 0 Å². The van der Waals surface area contributed by atoms with Crippen molar-refractivity contribution in [1.82, 2.24) is 4.90 Å². The minimum atomic E-state index is -0.0676. The quantitative estimate of drug-likeness (QED) is 0.646. The zero-order valence-corrected chi connectivity index (χ0v) is 18.4. The van der Waals surface area contributed by atoms with Gasteiger partial charge in [0.1, 0.15) is 5.75 Å². The number of allylic oxidation sites excluding steroid dienone is 2. The molecule has 1 aliphatic carbocycles. The van der Waals surface area contributed by atoms with Gasteiger partial charge in [-0.2, -0.15) is 0 Å². The molecule has 0 fully saturated rings. The topological polar surface area (TPSA) is 46.6 Å². The second-order valence-electron chi connectivity index (χ2n) is 8.61. The van der Waals surface area contributed by atoms with Crippen molar-refractivity contribution in [3.8, 4) is 5.75 Å². The van der Waals surface area contributed by atoms with Crippen molar-refractivity contribution in [2.24, 2.45) is 11.8 Å². The number of benzene rings is 2. The van der Waals surface area contributed by atoms with E-state index in [1.165, 1.54) is 11.1 Å². The molecule has 0 radical (unpaired) electrons. The van der Waals surface area contributed by atoms with Gasteiger partial charge in [0.25, 0.3) is 0 Å². The van der Waals surface area contributed by atoms with E-state index in [1.54, 1.807) is 14.0 Å². The van der Waals surface area contributed by atoms with Gasteiger partial charge in [-0.25, -0.2) is 0 Å². The average molecular weight is 416 g/mol. The third-order valence-electron chi connectivity index (χ3n) is 6.36.